The lowest BCUT2D eigenvalue weighted by Crippen LogP contribution is -2.41. The maximum atomic E-state index is 13.2. The summed E-state index contributed by atoms with van der Waals surface area (Å²) in [5.41, 5.74) is 4.92. The van der Waals surface area contributed by atoms with Crippen LogP contribution in [0, 0.1) is 6.92 Å². The molecule has 4 rings (SSSR count). The molecule has 5 heteroatoms. The van der Waals surface area contributed by atoms with Crippen molar-refractivity contribution in [2.75, 3.05) is 31.2 Å². The zero-order valence-corrected chi connectivity index (χ0v) is 19.5. The lowest BCUT2D eigenvalue weighted by atomic mass is 10.1. The van der Waals surface area contributed by atoms with Crippen LogP contribution < -0.4 is 4.90 Å². The van der Waals surface area contributed by atoms with E-state index in [2.05, 4.69) is 6.07 Å². The van der Waals surface area contributed by atoms with Gasteiger partial charge in [0.1, 0.15) is 0 Å². The fourth-order valence-electron chi connectivity index (χ4n) is 4.00. The Labute approximate surface area is 201 Å². The van der Waals surface area contributed by atoms with Gasteiger partial charge in [0, 0.05) is 24.9 Å². The summed E-state index contributed by atoms with van der Waals surface area (Å²) in [6.45, 7) is 4.98. The molecule has 0 bridgehead atoms. The Bertz CT molecular complexity index is 1130. The van der Waals surface area contributed by atoms with Gasteiger partial charge in [-0.05, 0) is 41.8 Å². The number of morpholine rings is 1. The van der Waals surface area contributed by atoms with Crippen molar-refractivity contribution in [1.29, 1.82) is 0 Å². The number of rotatable bonds is 7. The second-order valence-corrected chi connectivity index (χ2v) is 8.49. The summed E-state index contributed by atoms with van der Waals surface area (Å²) in [6.07, 6.45) is 3.79. The molecule has 0 aromatic heterocycles. The van der Waals surface area contributed by atoms with E-state index in [0.717, 1.165) is 27.9 Å². The van der Waals surface area contributed by atoms with Crippen LogP contribution in [0.25, 0.3) is 6.08 Å². The standard InChI is InChI=1S/C29H30N2O3/c1-23-6-5-9-26(20-23)22-31(28(32)15-12-24-7-3-2-4-8-24)27-13-10-25(11-14-27)21-29(33)30-16-18-34-19-17-30/h2-15,20H,16-19,21-22H2,1H3/b15-12+. The van der Waals surface area contributed by atoms with Gasteiger partial charge in [-0.25, -0.2) is 0 Å². The van der Waals surface area contributed by atoms with E-state index in [1.807, 2.05) is 90.7 Å². The topological polar surface area (TPSA) is 49.9 Å². The molecule has 3 aromatic rings. The number of carbonyl (C=O) groups excluding carboxylic acids is 2. The molecule has 0 aliphatic carbocycles. The summed E-state index contributed by atoms with van der Waals surface area (Å²) in [6, 6.07) is 25.7. The van der Waals surface area contributed by atoms with Crippen molar-refractivity contribution in [3.05, 3.63) is 107 Å². The Kier molecular flexibility index (Phi) is 7.89. The van der Waals surface area contributed by atoms with Gasteiger partial charge in [0.2, 0.25) is 5.91 Å². The molecule has 0 spiro atoms. The third kappa shape index (κ3) is 6.42. The number of aryl methyl sites for hydroxylation is 1. The third-order valence-corrected chi connectivity index (χ3v) is 5.87. The summed E-state index contributed by atoms with van der Waals surface area (Å²) in [4.78, 5) is 29.4. The van der Waals surface area contributed by atoms with E-state index in [9.17, 15) is 9.59 Å². The van der Waals surface area contributed by atoms with E-state index >= 15 is 0 Å². The molecule has 1 heterocycles. The van der Waals surface area contributed by atoms with Crippen molar-refractivity contribution in [3.8, 4) is 0 Å². The minimum absolute atomic E-state index is 0.0949. The Balaban J connectivity index is 1.52. The molecule has 0 unspecified atom stereocenters. The minimum Gasteiger partial charge on any atom is -0.378 e. The van der Waals surface area contributed by atoms with Crippen LogP contribution >= 0.6 is 0 Å². The Morgan fingerprint density at radius 1 is 0.912 bits per heavy atom. The molecule has 1 aliphatic heterocycles. The molecule has 1 saturated heterocycles. The van der Waals surface area contributed by atoms with Crippen molar-refractivity contribution in [3.63, 3.8) is 0 Å². The Morgan fingerprint density at radius 3 is 2.35 bits per heavy atom. The first kappa shape index (κ1) is 23.5. The van der Waals surface area contributed by atoms with Crippen molar-refractivity contribution in [2.45, 2.75) is 19.9 Å². The number of nitrogens with zero attached hydrogens (tertiary/aromatic N) is 2. The van der Waals surface area contributed by atoms with E-state index in [1.54, 1.807) is 11.0 Å². The van der Waals surface area contributed by atoms with Gasteiger partial charge < -0.3 is 14.5 Å². The van der Waals surface area contributed by atoms with Crippen molar-refractivity contribution in [2.24, 2.45) is 0 Å². The van der Waals surface area contributed by atoms with E-state index < -0.39 is 0 Å². The molecule has 3 aromatic carbocycles. The first-order chi connectivity index (χ1) is 16.6. The van der Waals surface area contributed by atoms with E-state index in [0.29, 0.717) is 39.3 Å². The second kappa shape index (κ2) is 11.4. The molecular weight excluding hydrogens is 424 g/mol. The number of benzene rings is 3. The summed E-state index contributed by atoms with van der Waals surface area (Å²) < 4.78 is 5.33. The fraction of sp³-hybridized carbons (Fsp3) is 0.241. The molecule has 0 saturated carbocycles. The monoisotopic (exact) mass is 454 g/mol. The van der Waals surface area contributed by atoms with Crippen molar-refractivity contribution < 1.29 is 14.3 Å². The third-order valence-electron chi connectivity index (χ3n) is 5.87. The summed E-state index contributed by atoms with van der Waals surface area (Å²) in [5.74, 6) is 0.0111. The lowest BCUT2D eigenvalue weighted by molar-refractivity contribution is -0.134. The van der Waals surface area contributed by atoms with Crippen molar-refractivity contribution >= 4 is 23.6 Å². The lowest BCUT2D eigenvalue weighted by Gasteiger charge is -2.27. The Morgan fingerprint density at radius 2 is 1.65 bits per heavy atom. The number of carbonyl (C=O) groups is 2. The van der Waals surface area contributed by atoms with Gasteiger partial charge in [-0.15, -0.1) is 0 Å². The van der Waals surface area contributed by atoms with Crippen LogP contribution in [-0.4, -0.2) is 43.0 Å². The highest BCUT2D eigenvalue weighted by Gasteiger charge is 2.18. The number of amides is 2. The molecule has 0 N–H and O–H groups in total. The van der Waals surface area contributed by atoms with Crippen molar-refractivity contribution in [1.82, 2.24) is 4.90 Å². The molecule has 174 valence electrons. The summed E-state index contributed by atoms with van der Waals surface area (Å²) >= 11 is 0. The van der Waals surface area contributed by atoms with E-state index in [-0.39, 0.29) is 11.8 Å². The molecular formula is C29H30N2O3. The Hall–Kier alpha value is -3.70. The zero-order valence-electron chi connectivity index (χ0n) is 19.5. The van der Waals surface area contributed by atoms with Gasteiger partial charge in [-0.3, -0.25) is 9.59 Å². The highest BCUT2D eigenvalue weighted by Crippen LogP contribution is 2.21. The zero-order chi connectivity index (χ0) is 23.8. The van der Waals surface area contributed by atoms with Crippen LogP contribution in [0.5, 0.6) is 0 Å². The van der Waals surface area contributed by atoms with E-state index in [1.165, 1.54) is 0 Å². The van der Waals surface area contributed by atoms with Crippen LogP contribution in [0.3, 0.4) is 0 Å². The van der Waals surface area contributed by atoms with Gasteiger partial charge in [-0.2, -0.15) is 0 Å². The number of hydrogen-bond acceptors (Lipinski definition) is 3. The SMILES string of the molecule is Cc1cccc(CN(C(=O)/C=C/c2ccccc2)c2ccc(CC(=O)N3CCOCC3)cc2)c1. The van der Waals surface area contributed by atoms with Gasteiger partial charge >= 0.3 is 0 Å². The van der Waals surface area contributed by atoms with Gasteiger partial charge in [0.05, 0.1) is 26.2 Å². The number of ether oxygens (including phenoxy) is 1. The van der Waals surface area contributed by atoms with Crippen LogP contribution in [0.2, 0.25) is 0 Å². The number of anilines is 1. The van der Waals surface area contributed by atoms with Crippen LogP contribution in [0.4, 0.5) is 5.69 Å². The minimum atomic E-state index is -0.0949. The molecule has 34 heavy (non-hydrogen) atoms. The second-order valence-electron chi connectivity index (χ2n) is 8.49. The van der Waals surface area contributed by atoms with E-state index in [4.69, 9.17) is 4.74 Å². The first-order valence-corrected chi connectivity index (χ1v) is 11.6. The van der Waals surface area contributed by atoms with Gasteiger partial charge in [-0.1, -0.05) is 72.3 Å². The van der Waals surface area contributed by atoms with Crippen LogP contribution in [-0.2, 0) is 27.3 Å². The molecule has 0 atom stereocenters. The normalized spacial score (nSPS) is 13.7. The number of hydrogen-bond donors (Lipinski definition) is 0. The van der Waals surface area contributed by atoms with Crippen LogP contribution in [0.1, 0.15) is 22.3 Å². The molecule has 0 radical (unpaired) electrons. The maximum absolute atomic E-state index is 13.2. The fourth-order valence-corrected chi connectivity index (χ4v) is 4.00. The highest BCUT2D eigenvalue weighted by atomic mass is 16.5. The summed E-state index contributed by atoms with van der Waals surface area (Å²) in [7, 11) is 0. The van der Waals surface area contributed by atoms with Gasteiger partial charge in [0.25, 0.3) is 5.91 Å². The summed E-state index contributed by atoms with van der Waals surface area (Å²) in [5, 5.41) is 0. The average molecular weight is 455 g/mol. The molecule has 1 aliphatic rings. The molecule has 5 nitrogen and oxygen atoms in total. The largest absolute Gasteiger partial charge is 0.378 e. The molecule has 2 amide bonds. The smallest absolute Gasteiger partial charge is 0.251 e. The maximum Gasteiger partial charge on any atom is 0.251 e. The first-order valence-electron chi connectivity index (χ1n) is 11.6. The predicted octanol–water partition coefficient (Wildman–Crippen LogP) is 4.64. The highest BCUT2D eigenvalue weighted by molar-refractivity contribution is 6.03. The van der Waals surface area contributed by atoms with Gasteiger partial charge in [0.15, 0.2) is 0 Å². The predicted molar refractivity (Wildman–Crippen MR) is 135 cm³/mol. The quantitative estimate of drug-likeness (QED) is 0.489. The van der Waals surface area contributed by atoms with Crippen LogP contribution in [0.15, 0.2) is 84.9 Å². The molecule has 1 fully saturated rings. The average Bonchev–Trinajstić information content (AvgIpc) is 2.87.